The highest BCUT2D eigenvalue weighted by Crippen LogP contribution is 2.26. The molecule has 4 nitrogen and oxygen atoms in total. The lowest BCUT2D eigenvalue weighted by molar-refractivity contribution is 1.17. The summed E-state index contributed by atoms with van der Waals surface area (Å²) in [5, 5.41) is 3.71. The molecule has 5 heteroatoms. The minimum absolute atomic E-state index is 0.518. The average Bonchev–Trinajstić information content (AvgIpc) is 2.53. The molecule has 3 rings (SSSR count). The second-order valence-corrected chi connectivity index (χ2v) is 5.40. The topological polar surface area (TPSA) is 63.8 Å². The van der Waals surface area contributed by atoms with Crippen LogP contribution in [-0.2, 0) is 0 Å². The van der Waals surface area contributed by atoms with Gasteiger partial charge >= 0.3 is 0 Å². The van der Waals surface area contributed by atoms with Crippen molar-refractivity contribution in [2.45, 2.75) is 6.92 Å². The Hall–Kier alpha value is -2.59. The van der Waals surface area contributed by atoms with E-state index in [4.69, 9.17) is 17.3 Å². The molecule has 3 aromatic rings. The molecule has 1 aromatic heterocycles. The van der Waals surface area contributed by atoms with Crippen molar-refractivity contribution < 1.29 is 0 Å². The maximum atomic E-state index is 6.06. The molecule has 3 N–H and O–H groups in total. The van der Waals surface area contributed by atoms with Gasteiger partial charge in [-0.15, -0.1) is 0 Å². The van der Waals surface area contributed by atoms with E-state index in [1.807, 2.05) is 43.3 Å². The molecule has 0 aliphatic heterocycles. The summed E-state index contributed by atoms with van der Waals surface area (Å²) in [4.78, 5) is 8.75. The lowest BCUT2D eigenvalue weighted by atomic mass is 10.1. The van der Waals surface area contributed by atoms with Gasteiger partial charge in [0.2, 0.25) is 5.95 Å². The molecule has 0 radical (unpaired) electrons. The monoisotopic (exact) mass is 310 g/mol. The van der Waals surface area contributed by atoms with E-state index in [0.717, 1.165) is 16.9 Å². The number of halogens is 1. The molecule has 0 amide bonds. The fourth-order valence-corrected chi connectivity index (χ4v) is 2.21. The van der Waals surface area contributed by atoms with Gasteiger partial charge in [-0.3, -0.25) is 0 Å². The third kappa shape index (κ3) is 3.18. The van der Waals surface area contributed by atoms with Crippen molar-refractivity contribution in [2.24, 2.45) is 0 Å². The summed E-state index contributed by atoms with van der Waals surface area (Å²) in [5.41, 5.74) is 10.1. The Morgan fingerprint density at radius 3 is 2.55 bits per heavy atom. The quantitative estimate of drug-likeness (QED) is 0.702. The van der Waals surface area contributed by atoms with Crippen molar-refractivity contribution >= 4 is 28.9 Å². The van der Waals surface area contributed by atoms with Gasteiger partial charge in [0.25, 0.3) is 0 Å². The summed E-state index contributed by atoms with van der Waals surface area (Å²) in [6.07, 6.45) is 1.71. The first-order valence-electron chi connectivity index (χ1n) is 6.84. The van der Waals surface area contributed by atoms with Crippen LogP contribution in [0, 0.1) is 6.92 Å². The van der Waals surface area contributed by atoms with Crippen LogP contribution >= 0.6 is 11.6 Å². The fraction of sp³-hybridized carbons (Fsp3) is 0.0588. The van der Waals surface area contributed by atoms with Crippen molar-refractivity contribution in [3.8, 4) is 11.3 Å². The van der Waals surface area contributed by atoms with Crippen LogP contribution < -0.4 is 11.1 Å². The molecule has 0 saturated carbocycles. The molecule has 0 fully saturated rings. The van der Waals surface area contributed by atoms with Crippen LogP contribution in [0.1, 0.15) is 5.56 Å². The van der Waals surface area contributed by atoms with Crippen LogP contribution in [-0.4, -0.2) is 9.97 Å². The van der Waals surface area contributed by atoms with Gasteiger partial charge < -0.3 is 11.1 Å². The van der Waals surface area contributed by atoms with Crippen LogP contribution in [0.15, 0.2) is 54.7 Å². The molecule has 0 aliphatic rings. The number of nitrogen functional groups attached to an aromatic ring is 1. The van der Waals surface area contributed by atoms with E-state index < -0.39 is 0 Å². The lowest BCUT2D eigenvalue weighted by Crippen LogP contribution is -1.98. The number of nitrogens with zero attached hydrogens (tertiary/aromatic N) is 2. The molecular formula is C17H15ClN4. The van der Waals surface area contributed by atoms with E-state index in [0.29, 0.717) is 16.7 Å². The Morgan fingerprint density at radius 1 is 1.05 bits per heavy atom. The Bertz CT molecular complexity index is 800. The minimum atomic E-state index is 0.518. The van der Waals surface area contributed by atoms with Crippen molar-refractivity contribution in [3.05, 3.63) is 65.3 Å². The van der Waals surface area contributed by atoms with Crippen LogP contribution in [0.4, 0.5) is 17.3 Å². The number of rotatable bonds is 3. The van der Waals surface area contributed by atoms with Gasteiger partial charge in [0.05, 0.1) is 16.4 Å². The van der Waals surface area contributed by atoms with Crippen molar-refractivity contribution in [1.82, 2.24) is 9.97 Å². The number of hydrogen-bond donors (Lipinski definition) is 2. The number of aromatic nitrogens is 2. The molecular weight excluding hydrogens is 296 g/mol. The minimum Gasteiger partial charge on any atom is -0.398 e. The Balaban J connectivity index is 1.88. The van der Waals surface area contributed by atoms with Crippen LogP contribution in [0.2, 0.25) is 5.02 Å². The highest BCUT2D eigenvalue weighted by Gasteiger charge is 2.05. The van der Waals surface area contributed by atoms with Gasteiger partial charge in [0.1, 0.15) is 0 Å². The zero-order chi connectivity index (χ0) is 15.5. The molecule has 1 heterocycles. The number of aryl methyl sites for hydroxylation is 1. The SMILES string of the molecule is Cc1ccc(Nc2nccc(-c3ccc(N)c(Cl)c3)n2)cc1. The van der Waals surface area contributed by atoms with Gasteiger partial charge in [-0.2, -0.15) is 0 Å². The summed E-state index contributed by atoms with van der Waals surface area (Å²) in [7, 11) is 0. The Kier molecular flexibility index (Phi) is 3.94. The van der Waals surface area contributed by atoms with E-state index in [1.165, 1.54) is 5.56 Å². The van der Waals surface area contributed by atoms with Gasteiger partial charge in [0.15, 0.2) is 0 Å². The fourth-order valence-electron chi connectivity index (χ4n) is 2.03. The van der Waals surface area contributed by atoms with Crippen molar-refractivity contribution in [1.29, 1.82) is 0 Å². The van der Waals surface area contributed by atoms with E-state index in [-0.39, 0.29) is 0 Å². The molecule has 110 valence electrons. The van der Waals surface area contributed by atoms with E-state index >= 15 is 0 Å². The zero-order valence-corrected chi connectivity index (χ0v) is 12.8. The van der Waals surface area contributed by atoms with E-state index in [9.17, 15) is 0 Å². The van der Waals surface area contributed by atoms with Crippen molar-refractivity contribution in [2.75, 3.05) is 11.1 Å². The third-order valence-electron chi connectivity index (χ3n) is 3.26. The zero-order valence-electron chi connectivity index (χ0n) is 12.0. The largest absolute Gasteiger partial charge is 0.398 e. The predicted octanol–water partition coefficient (Wildman–Crippen LogP) is 4.43. The van der Waals surface area contributed by atoms with Crippen LogP contribution in [0.3, 0.4) is 0 Å². The molecule has 0 atom stereocenters. The summed E-state index contributed by atoms with van der Waals surface area (Å²) in [5.74, 6) is 0.536. The number of nitrogens with two attached hydrogens (primary N) is 1. The van der Waals surface area contributed by atoms with Gasteiger partial charge in [-0.05, 0) is 37.3 Å². The first-order chi connectivity index (χ1) is 10.6. The van der Waals surface area contributed by atoms with Gasteiger partial charge in [0, 0.05) is 17.4 Å². The van der Waals surface area contributed by atoms with Crippen LogP contribution in [0.25, 0.3) is 11.3 Å². The molecule has 0 unspecified atom stereocenters. The van der Waals surface area contributed by atoms with Gasteiger partial charge in [-0.1, -0.05) is 35.4 Å². The average molecular weight is 311 g/mol. The lowest BCUT2D eigenvalue weighted by Gasteiger charge is -2.08. The summed E-state index contributed by atoms with van der Waals surface area (Å²) in [6.45, 7) is 2.05. The number of anilines is 3. The van der Waals surface area contributed by atoms with E-state index in [2.05, 4.69) is 15.3 Å². The first-order valence-corrected chi connectivity index (χ1v) is 7.22. The smallest absolute Gasteiger partial charge is 0.227 e. The maximum Gasteiger partial charge on any atom is 0.227 e. The number of nitrogens with one attached hydrogen (secondary N) is 1. The molecule has 0 bridgehead atoms. The summed E-state index contributed by atoms with van der Waals surface area (Å²) < 4.78 is 0. The molecule has 0 spiro atoms. The molecule has 2 aromatic carbocycles. The normalized spacial score (nSPS) is 10.5. The summed E-state index contributed by atoms with van der Waals surface area (Å²) in [6, 6.07) is 15.3. The second kappa shape index (κ2) is 6.03. The number of hydrogen-bond acceptors (Lipinski definition) is 4. The Labute approximate surface area is 134 Å². The highest BCUT2D eigenvalue weighted by molar-refractivity contribution is 6.33. The van der Waals surface area contributed by atoms with Crippen LogP contribution in [0.5, 0.6) is 0 Å². The molecule has 0 saturated heterocycles. The summed E-state index contributed by atoms with van der Waals surface area (Å²) >= 11 is 6.06. The predicted molar refractivity (Wildman–Crippen MR) is 91.4 cm³/mol. The molecule has 0 aliphatic carbocycles. The van der Waals surface area contributed by atoms with E-state index in [1.54, 1.807) is 18.3 Å². The highest BCUT2D eigenvalue weighted by atomic mass is 35.5. The Morgan fingerprint density at radius 2 is 1.82 bits per heavy atom. The first kappa shape index (κ1) is 14.4. The number of benzene rings is 2. The van der Waals surface area contributed by atoms with Gasteiger partial charge in [-0.25, -0.2) is 9.97 Å². The third-order valence-corrected chi connectivity index (χ3v) is 3.59. The second-order valence-electron chi connectivity index (χ2n) is 4.99. The standard InChI is InChI=1S/C17H15ClN4/c1-11-2-5-13(6-3-11)21-17-20-9-8-16(22-17)12-4-7-15(19)14(18)10-12/h2-10H,19H2,1H3,(H,20,21,22). The molecule has 22 heavy (non-hydrogen) atoms. The van der Waals surface area contributed by atoms with Crippen molar-refractivity contribution in [3.63, 3.8) is 0 Å². The maximum absolute atomic E-state index is 6.06.